The zero-order valence-electron chi connectivity index (χ0n) is 7.67. The third-order valence-electron chi connectivity index (χ3n) is 2.78. The molecule has 0 aliphatic carbocycles. The second kappa shape index (κ2) is 4.14. The van der Waals surface area contributed by atoms with E-state index in [9.17, 15) is 4.79 Å². The first-order chi connectivity index (χ1) is 6.20. The minimum Gasteiger partial charge on any atom is -0.480 e. The molecule has 0 aromatic rings. The van der Waals surface area contributed by atoms with Crippen molar-refractivity contribution in [2.45, 2.75) is 31.0 Å². The fourth-order valence-corrected chi connectivity index (χ4v) is 2.07. The number of nitrogens with zero attached hydrogens (tertiary/aromatic N) is 2. The van der Waals surface area contributed by atoms with Crippen LogP contribution in [0.5, 0.6) is 0 Å². The van der Waals surface area contributed by atoms with Crippen LogP contribution in [0.3, 0.4) is 0 Å². The van der Waals surface area contributed by atoms with E-state index in [4.69, 9.17) is 10.8 Å². The zero-order valence-corrected chi connectivity index (χ0v) is 8.48. The second-order valence-corrected chi connectivity index (χ2v) is 3.57. The smallest absolute Gasteiger partial charge is 0.322 e. The van der Waals surface area contributed by atoms with Crippen LogP contribution in [0.1, 0.15) is 12.8 Å². The number of fused-ring (bicyclic) bond motifs is 1. The van der Waals surface area contributed by atoms with E-state index in [1.54, 1.807) is 6.34 Å². The van der Waals surface area contributed by atoms with E-state index in [2.05, 4.69) is 9.89 Å². The van der Waals surface area contributed by atoms with Crippen LogP contribution in [0.2, 0.25) is 0 Å². The fraction of sp³-hybridized carbons (Fsp3) is 0.750. The summed E-state index contributed by atoms with van der Waals surface area (Å²) >= 11 is 0. The second-order valence-electron chi connectivity index (χ2n) is 3.57. The predicted molar refractivity (Wildman–Crippen MR) is 54.9 cm³/mol. The molecule has 0 aromatic heterocycles. The third kappa shape index (κ3) is 1.69. The first-order valence-electron chi connectivity index (χ1n) is 4.47. The average Bonchev–Trinajstić information content (AvgIpc) is 2.61. The summed E-state index contributed by atoms with van der Waals surface area (Å²) in [4.78, 5) is 16.9. The molecule has 0 radical (unpaired) electrons. The minimum absolute atomic E-state index is 0. The highest BCUT2D eigenvalue weighted by molar-refractivity contribution is 5.85. The number of hydrogen-bond donors (Lipinski definition) is 2. The molecule has 3 unspecified atom stereocenters. The van der Waals surface area contributed by atoms with Gasteiger partial charge in [-0.3, -0.25) is 9.79 Å². The molecule has 0 amide bonds. The number of carboxylic acid groups (broad SMARTS) is 1. The van der Waals surface area contributed by atoms with Gasteiger partial charge in [0.25, 0.3) is 0 Å². The Hall–Kier alpha value is -0.810. The van der Waals surface area contributed by atoms with Gasteiger partial charge in [-0.1, -0.05) is 0 Å². The van der Waals surface area contributed by atoms with Crippen molar-refractivity contribution in [1.82, 2.24) is 4.90 Å². The van der Waals surface area contributed by atoms with E-state index in [0.29, 0.717) is 0 Å². The molecule has 0 aromatic carbocycles. The standard InChI is InChI=1S/C8H13N3O2.ClH/c9-6(8(12)13)7-5-2-1-3-11(5)4-10-7;/h4-7H,1-3,9H2,(H,12,13);1H. The molecule has 2 rings (SSSR count). The lowest BCUT2D eigenvalue weighted by Gasteiger charge is -2.22. The molecule has 2 aliphatic rings. The summed E-state index contributed by atoms with van der Waals surface area (Å²) in [6, 6.07) is -0.879. The van der Waals surface area contributed by atoms with Gasteiger partial charge in [0.2, 0.25) is 0 Å². The van der Waals surface area contributed by atoms with E-state index in [1.165, 1.54) is 0 Å². The first kappa shape index (κ1) is 11.3. The van der Waals surface area contributed by atoms with Crippen LogP contribution < -0.4 is 5.73 Å². The highest BCUT2D eigenvalue weighted by Gasteiger charge is 2.39. The van der Waals surface area contributed by atoms with Gasteiger partial charge in [-0.15, -0.1) is 12.4 Å². The maximum absolute atomic E-state index is 10.7. The highest BCUT2D eigenvalue weighted by Crippen LogP contribution is 2.26. The number of aliphatic imine (C=N–C) groups is 1. The number of carbonyl (C=O) groups is 1. The minimum atomic E-state index is -0.962. The summed E-state index contributed by atoms with van der Waals surface area (Å²) in [5.74, 6) is -0.962. The Balaban J connectivity index is 0.000000980. The van der Waals surface area contributed by atoms with Crippen molar-refractivity contribution < 1.29 is 9.90 Å². The molecule has 3 atom stereocenters. The quantitative estimate of drug-likeness (QED) is 0.668. The first-order valence-corrected chi connectivity index (χ1v) is 4.47. The van der Waals surface area contributed by atoms with Crippen molar-refractivity contribution in [3.05, 3.63) is 0 Å². The van der Waals surface area contributed by atoms with E-state index in [0.717, 1.165) is 19.4 Å². The maximum atomic E-state index is 10.7. The number of aliphatic carboxylic acids is 1. The Morgan fingerprint density at radius 2 is 2.43 bits per heavy atom. The van der Waals surface area contributed by atoms with Crippen LogP contribution in [0.4, 0.5) is 0 Å². The summed E-state index contributed by atoms with van der Waals surface area (Å²) in [6.07, 6.45) is 3.86. The largest absolute Gasteiger partial charge is 0.480 e. The Labute approximate surface area is 88.4 Å². The topological polar surface area (TPSA) is 78.9 Å². The van der Waals surface area contributed by atoms with E-state index in [-0.39, 0.29) is 24.5 Å². The van der Waals surface area contributed by atoms with E-state index >= 15 is 0 Å². The monoisotopic (exact) mass is 219 g/mol. The van der Waals surface area contributed by atoms with Crippen molar-refractivity contribution >= 4 is 24.7 Å². The summed E-state index contributed by atoms with van der Waals surface area (Å²) in [5.41, 5.74) is 5.54. The molecule has 5 nitrogen and oxygen atoms in total. The average molecular weight is 220 g/mol. The van der Waals surface area contributed by atoms with Gasteiger partial charge in [0.1, 0.15) is 6.04 Å². The van der Waals surface area contributed by atoms with Gasteiger partial charge in [0.05, 0.1) is 18.4 Å². The molecule has 2 aliphatic heterocycles. The Bertz CT molecular complexity index is 259. The summed E-state index contributed by atoms with van der Waals surface area (Å²) in [5, 5.41) is 8.74. The molecule has 0 saturated carbocycles. The fourth-order valence-electron chi connectivity index (χ4n) is 2.07. The molecule has 6 heteroatoms. The maximum Gasteiger partial charge on any atom is 0.322 e. The van der Waals surface area contributed by atoms with Crippen molar-refractivity contribution in [2.75, 3.05) is 6.54 Å². The van der Waals surface area contributed by atoms with Gasteiger partial charge in [-0.2, -0.15) is 0 Å². The lowest BCUT2D eigenvalue weighted by Crippen LogP contribution is -2.47. The van der Waals surface area contributed by atoms with E-state index in [1.807, 2.05) is 0 Å². The number of halogens is 1. The molecule has 1 fully saturated rings. The Morgan fingerprint density at radius 3 is 3.07 bits per heavy atom. The highest BCUT2D eigenvalue weighted by atomic mass is 35.5. The molecule has 80 valence electrons. The van der Waals surface area contributed by atoms with Crippen LogP contribution in [-0.4, -0.2) is 47.0 Å². The summed E-state index contributed by atoms with van der Waals surface area (Å²) in [7, 11) is 0. The number of carboxylic acids is 1. The molecular formula is C8H14ClN3O2. The third-order valence-corrected chi connectivity index (χ3v) is 2.78. The Kier molecular flexibility index (Phi) is 3.34. The summed E-state index contributed by atoms with van der Waals surface area (Å²) < 4.78 is 0. The molecule has 2 heterocycles. The van der Waals surface area contributed by atoms with Gasteiger partial charge in [-0.05, 0) is 12.8 Å². The lowest BCUT2D eigenvalue weighted by atomic mass is 10.0. The van der Waals surface area contributed by atoms with Gasteiger partial charge in [0.15, 0.2) is 0 Å². The van der Waals surface area contributed by atoms with Crippen LogP contribution in [-0.2, 0) is 4.79 Å². The number of rotatable bonds is 2. The van der Waals surface area contributed by atoms with Gasteiger partial charge in [-0.25, -0.2) is 0 Å². The van der Waals surface area contributed by atoms with Crippen molar-refractivity contribution in [2.24, 2.45) is 10.7 Å². The molecule has 0 bridgehead atoms. The van der Waals surface area contributed by atoms with Crippen molar-refractivity contribution in [1.29, 1.82) is 0 Å². The lowest BCUT2D eigenvalue weighted by molar-refractivity contribution is -0.139. The SMILES string of the molecule is Cl.NC(C(=O)O)C1N=CN2CCCC12. The van der Waals surface area contributed by atoms with Crippen molar-refractivity contribution in [3.63, 3.8) is 0 Å². The van der Waals surface area contributed by atoms with Crippen LogP contribution >= 0.6 is 12.4 Å². The zero-order chi connectivity index (χ0) is 9.42. The normalized spacial score (nSPS) is 31.1. The van der Waals surface area contributed by atoms with Crippen LogP contribution in [0.25, 0.3) is 0 Å². The van der Waals surface area contributed by atoms with Crippen LogP contribution in [0, 0.1) is 0 Å². The summed E-state index contributed by atoms with van der Waals surface area (Å²) in [6.45, 7) is 0.983. The van der Waals surface area contributed by atoms with Gasteiger partial charge < -0.3 is 15.7 Å². The molecule has 14 heavy (non-hydrogen) atoms. The Morgan fingerprint density at radius 1 is 1.71 bits per heavy atom. The predicted octanol–water partition coefficient (Wildman–Crippen LogP) is -0.305. The molecular weight excluding hydrogens is 206 g/mol. The van der Waals surface area contributed by atoms with Gasteiger partial charge in [0, 0.05) is 6.54 Å². The molecule has 1 saturated heterocycles. The number of hydrogen-bond acceptors (Lipinski definition) is 4. The van der Waals surface area contributed by atoms with Crippen molar-refractivity contribution in [3.8, 4) is 0 Å². The number of nitrogens with two attached hydrogens (primary N) is 1. The van der Waals surface area contributed by atoms with E-state index < -0.39 is 12.0 Å². The van der Waals surface area contributed by atoms with Gasteiger partial charge >= 0.3 is 5.97 Å². The van der Waals surface area contributed by atoms with Crippen LogP contribution in [0.15, 0.2) is 4.99 Å². The molecule has 0 spiro atoms. The molecule has 3 N–H and O–H groups in total.